The monoisotopic (exact) mass is 860 g/mol. The standard InChI is InChI=1S/C41H54Cl2N6O6S2/c1-3-55-36-29-35(47-18-6-4-7-19-47)37(57(53,54)49-20-8-5-9-21-49)28-34(36)41(40(50)48-24-22-46(23-25-48)26-27-56(2,51)52)44-38(30-10-14-32(42)15-11-30)39(45-41)31-12-16-33(43)17-13-31/h10-17,28-29,38-39,44-45H,3-9,18-27H2,1-2H3/t38-,39+,41?. The summed E-state index contributed by atoms with van der Waals surface area (Å²) in [5.74, 6) is 0.172. The van der Waals surface area contributed by atoms with Crippen molar-refractivity contribution < 1.29 is 26.4 Å². The zero-order valence-corrected chi connectivity index (χ0v) is 35.9. The van der Waals surface area contributed by atoms with Gasteiger partial charge in [-0.25, -0.2) is 16.8 Å². The summed E-state index contributed by atoms with van der Waals surface area (Å²) in [5, 5.41) is 8.66. The van der Waals surface area contributed by atoms with Crippen molar-refractivity contribution in [3.63, 3.8) is 0 Å². The number of nitrogens with zero attached hydrogens (tertiary/aromatic N) is 4. The molecule has 4 fully saturated rings. The average molecular weight is 862 g/mol. The van der Waals surface area contributed by atoms with Crippen LogP contribution >= 0.6 is 23.2 Å². The third kappa shape index (κ3) is 9.28. The Bertz CT molecular complexity index is 2050. The van der Waals surface area contributed by atoms with E-state index < -0.39 is 37.6 Å². The third-order valence-electron chi connectivity index (χ3n) is 11.7. The predicted molar refractivity (Wildman–Crippen MR) is 225 cm³/mol. The number of sulfonamides is 1. The Hall–Kier alpha value is -2.95. The smallest absolute Gasteiger partial charge is 0.262 e. The van der Waals surface area contributed by atoms with E-state index in [1.165, 1.54) is 6.26 Å². The SMILES string of the molecule is CCOc1cc(N2CCCCC2)c(S(=O)(=O)N2CCCCC2)cc1C1(C(=O)N2CCN(CCS(C)(=O)=O)CC2)N[C@H](c2ccc(Cl)cc2)[C@H](c2ccc(Cl)cc2)N1. The molecule has 1 amide bonds. The van der Waals surface area contributed by atoms with Crippen LogP contribution in [-0.4, -0.2) is 114 Å². The Morgan fingerprint density at radius 2 is 1.28 bits per heavy atom. The summed E-state index contributed by atoms with van der Waals surface area (Å²) in [4.78, 5) is 21.8. The molecule has 0 radical (unpaired) electrons. The number of benzene rings is 3. The van der Waals surface area contributed by atoms with Gasteiger partial charge >= 0.3 is 0 Å². The van der Waals surface area contributed by atoms with Crippen LogP contribution in [-0.2, 0) is 30.3 Å². The van der Waals surface area contributed by atoms with Gasteiger partial charge in [0.2, 0.25) is 10.0 Å². The van der Waals surface area contributed by atoms with Crippen LogP contribution in [0.4, 0.5) is 5.69 Å². The molecule has 0 bridgehead atoms. The summed E-state index contributed by atoms with van der Waals surface area (Å²) in [6.45, 7) is 6.52. The number of amides is 1. The van der Waals surface area contributed by atoms with E-state index in [9.17, 15) is 16.8 Å². The van der Waals surface area contributed by atoms with Gasteiger partial charge in [-0.1, -0.05) is 53.9 Å². The van der Waals surface area contributed by atoms with E-state index in [1.807, 2.05) is 61.5 Å². The highest BCUT2D eigenvalue weighted by molar-refractivity contribution is 7.90. The van der Waals surface area contributed by atoms with Gasteiger partial charge in [0.15, 0.2) is 5.66 Å². The van der Waals surface area contributed by atoms with E-state index in [-0.39, 0.29) is 23.2 Å². The Morgan fingerprint density at radius 3 is 1.79 bits per heavy atom. The maximum absolute atomic E-state index is 15.6. The lowest BCUT2D eigenvalue weighted by atomic mass is 9.95. The van der Waals surface area contributed by atoms with E-state index in [0.717, 1.165) is 62.7 Å². The van der Waals surface area contributed by atoms with Gasteiger partial charge in [0, 0.05) is 86.8 Å². The van der Waals surface area contributed by atoms with Gasteiger partial charge in [0.1, 0.15) is 20.5 Å². The van der Waals surface area contributed by atoms with Crippen LogP contribution < -0.4 is 20.3 Å². The lowest BCUT2D eigenvalue weighted by Gasteiger charge is -2.41. The maximum atomic E-state index is 15.6. The maximum Gasteiger partial charge on any atom is 0.262 e. The molecule has 0 aromatic heterocycles. The van der Waals surface area contributed by atoms with Gasteiger partial charge in [-0.2, -0.15) is 4.31 Å². The number of sulfone groups is 1. The highest BCUT2D eigenvalue weighted by Gasteiger charge is 2.55. The quantitative estimate of drug-likeness (QED) is 0.238. The molecule has 1 unspecified atom stereocenters. The average Bonchev–Trinajstić information content (AvgIpc) is 3.62. The molecule has 3 atom stereocenters. The highest BCUT2D eigenvalue weighted by Crippen LogP contribution is 2.47. The number of hydrogen-bond acceptors (Lipinski definition) is 10. The van der Waals surface area contributed by atoms with Gasteiger partial charge in [-0.3, -0.25) is 20.3 Å². The van der Waals surface area contributed by atoms with E-state index in [2.05, 4.69) is 20.4 Å². The molecule has 57 heavy (non-hydrogen) atoms. The molecule has 4 aliphatic heterocycles. The first-order chi connectivity index (χ1) is 27.3. The number of halogens is 2. The predicted octanol–water partition coefficient (Wildman–Crippen LogP) is 5.57. The van der Waals surface area contributed by atoms with Crippen LogP contribution in [0.1, 0.15) is 74.2 Å². The van der Waals surface area contributed by atoms with Gasteiger partial charge in [0.05, 0.1) is 30.1 Å². The fraction of sp³-hybridized carbons (Fsp3) is 0.537. The summed E-state index contributed by atoms with van der Waals surface area (Å²) in [7, 11) is -7.16. The Labute approximate surface area is 347 Å². The second-order valence-corrected chi connectivity index (χ2v) is 20.7. The molecule has 3 aromatic carbocycles. The summed E-state index contributed by atoms with van der Waals surface area (Å²) in [5.41, 5.74) is 1.06. The number of hydrogen-bond donors (Lipinski definition) is 2. The van der Waals surface area contributed by atoms with Crippen molar-refractivity contribution in [2.45, 2.75) is 68.1 Å². The van der Waals surface area contributed by atoms with Crippen LogP contribution in [0.25, 0.3) is 0 Å². The van der Waals surface area contributed by atoms with E-state index in [0.29, 0.717) is 72.9 Å². The number of rotatable bonds is 12. The molecule has 310 valence electrons. The van der Waals surface area contributed by atoms with Gasteiger partial charge < -0.3 is 14.5 Å². The number of ether oxygens (including phenoxy) is 1. The molecule has 16 heteroatoms. The summed E-state index contributed by atoms with van der Waals surface area (Å²) >= 11 is 12.8. The lowest BCUT2D eigenvalue weighted by molar-refractivity contribution is -0.141. The van der Waals surface area contributed by atoms with Crippen molar-refractivity contribution in [3.05, 3.63) is 87.4 Å². The van der Waals surface area contributed by atoms with Gasteiger partial charge in [-0.15, -0.1) is 0 Å². The molecular weight excluding hydrogens is 808 g/mol. The fourth-order valence-electron chi connectivity index (χ4n) is 8.62. The number of nitrogens with one attached hydrogen (secondary N) is 2. The molecule has 4 aliphatic rings. The molecule has 12 nitrogen and oxygen atoms in total. The second kappa shape index (κ2) is 17.7. The summed E-state index contributed by atoms with van der Waals surface area (Å²) in [6, 6.07) is 17.6. The van der Waals surface area contributed by atoms with Crippen molar-refractivity contribution >= 4 is 54.7 Å². The van der Waals surface area contributed by atoms with Gasteiger partial charge in [-0.05, 0) is 80.5 Å². The molecule has 0 aliphatic carbocycles. The van der Waals surface area contributed by atoms with Crippen molar-refractivity contribution in [3.8, 4) is 5.75 Å². The molecule has 4 heterocycles. The summed E-state index contributed by atoms with van der Waals surface area (Å²) < 4.78 is 61.8. The molecular formula is C41H54Cl2N6O6S2. The number of carbonyl (C=O) groups excluding carboxylic acids is 1. The zero-order chi connectivity index (χ0) is 40.4. The molecule has 0 saturated carbocycles. The second-order valence-electron chi connectivity index (χ2n) is 15.6. The van der Waals surface area contributed by atoms with Crippen LogP contribution in [0.2, 0.25) is 10.0 Å². The lowest BCUT2D eigenvalue weighted by Crippen LogP contribution is -2.62. The summed E-state index contributed by atoms with van der Waals surface area (Å²) in [6.07, 6.45) is 6.75. The normalized spacial score (nSPS) is 24.1. The molecule has 7 rings (SSSR count). The van der Waals surface area contributed by atoms with E-state index in [4.69, 9.17) is 27.9 Å². The minimum Gasteiger partial charge on any atom is -0.493 e. The number of piperidine rings is 2. The first-order valence-corrected chi connectivity index (χ1v) is 24.4. The van der Waals surface area contributed by atoms with Crippen molar-refractivity contribution in [2.75, 3.05) is 82.4 Å². The number of piperazine rings is 1. The highest BCUT2D eigenvalue weighted by atomic mass is 35.5. The van der Waals surface area contributed by atoms with E-state index >= 15 is 4.79 Å². The number of anilines is 1. The van der Waals surface area contributed by atoms with Crippen molar-refractivity contribution in [2.24, 2.45) is 0 Å². The van der Waals surface area contributed by atoms with Crippen molar-refractivity contribution in [1.82, 2.24) is 24.7 Å². The van der Waals surface area contributed by atoms with Gasteiger partial charge in [0.25, 0.3) is 5.91 Å². The van der Waals surface area contributed by atoms with Crippen molar-refractivity contribution in [1.29, 1.82) is 0 Å². The van der Waals surface area contributed by atoms with Crippen LogP contribution in [0.3, 0.4) is 0 Å². The number of carbonyl (C=O) groups is 1. The minimum atomic E-state index is -4.00. The van der Waals surface area contributed by atoms with Crippen LogP contribution in [0.15, 0.2) is 65.6 Å². The van der Waals surface area contributed by atoms with Crippen LogP contribution in [0.5, 0.6) is 5.75 Å². The largest absolute Gasteiger partial charge is 0.493 e. The van der Waals surface area contributed by atoms with E-state index in [1.54, 1.807) is 15.3 Å². The minimum absolute atomic E-state index is 0.0366. The molecule has 0 spiro atoms. The fourth-order valence-corrected chi connectivity index (χ4v) is 11.2. The van der Waals surface area contributed by atoms with Crippen LogP contribution in [0, 0.1) is 0 Å². The Morgan fingerprint density at radius 1 is 0.754 bits per heavy atom. The molecule has 3 aromatic rings. The third-order valence-corrected chi connectivity index (χ3v) is 15.0. The first kappa shape index (κ1) is 42.2. The molecule has 4 saturated heterocycles. The Kier molecular flexibility index (Phi) is 13.1. The molecule has 2 N–H and O–H groups in total. The Balaban J connectivity index is 1.41. The topological polar surface area (TPSA) is 132 Å². The first-order valence-electron chi connectivity index (χ1n) is 20.1. The zero-order valence-electron chi connectivity index (χ0n) is 32.8.